The van der Waals surface area contributed by atoms with Crippen molar-refractivity contribution in [2.24, 2.45) is 0 Å². The van der Waals surface area contributed by atoms with Crippen molar-refractivity contribution in [3.63, 3.8) is 0 Å². The van der Waals surface area contributed by atoms with E-state index in [-0.39, 0.29) is 6.04 Å². The lowest BCUT2D eigenvalue weighted by Crippen LogP contribution is -2.21. The molecule has 0 spiro atoms. The van der Waals surface area contributed by atoms with E-state index in [1.54, 1.807) is 0 Å². The van der Waals surface area contributed by atoms with Gasteiger partial charge in [-0.05, 0) is 36.7 Å². The molecule has 108 valence electrons. The van der Waals surface area contributed by atoms with Crippen molar-refractivity contribution in [1.29, 1.82) is 0 Å². The summed E-state index contributed by atoms with van der Waals surface area (Å²) >= 11 is 0. The maximum absolute atomic E-state index is 11.3. The standard InChI is InChI=1S/C17H18N2O2/c1-3-18-16(12-6-4-11(2)5-7-12)13-8-9-14-15(10-13)21-17(20)19-14/h4-10,16,18H,3H2,1-2H3,(H,19,20). The molecule has 0 fully saturated rings. The van der Waals surface area contributed by atoms with Crippen LogP contribution < -0.4 is 11.1 Å². The maximum Gasteiger partial charge on any atom is 0.417 e. The second-order valence-electron chi connectivity index (χ2n) is 5.17. The van der Waals surface area contributed by atoms with Crippen molar-refractivity contribution in [2.45, 2.75) is 19.9 Å². The fourth-order valence-electron chi connectivity index (χ4n) is 2.53. The lowest BCUT2D eigenvalue weighted by atomic mass is 9.97. The Morgan fingerprint density at radius 3 is 2.57 bits per heavy atom. The third kappa shape index (κ3) is 2.76. The molecule has 3 aromatic rings. The quantitative estimate of drug-likeness (QED) is 0.773. The van der Waals surface area contributed by atoms with Crippen LogP contribution in [0.1, 0.15) is 29.7 Å². The predicted molar refractivity (Wildman–Crippen MR) is 83.5 cm³/mol. The Kier molecular flexibility index (Phi) is 3.62. The Morgan fingerprint density at radius 1 is 1.14 bits per heavy atom. The van der Waals surface area contributed by atoms with Gasteiger partial charge in [-0.2, -0.15) is 0 Å². The minimum absolute atomic E-state index is 0.0835. The van der Waals surface area contributed by atoms with E-state index in [9.17, 15) is 4.79 Å². The van der Waals surface area contributed by atoms with E-state index in [4.69, 9.17) is 4.42 Å². The lowest BCUT2D eigenvalue weighted by molar-refractivity contribution is 0.553. The summed E-state index contributed by atoms with van der Waals surface area (Å²) in [5.74, 6) is -0.419. The largest absolute Gasteiger partial charge is 0.417 e. The van der Waals surface area contributed by atoms with Crippen LogP contribution in [0.2, 0.25) is 0 Å². The summed E-state index contributed by atoms with van der Waals surface area (Å²) in [6.07, 6.45) is 0. The second-order valence-corrected chi connectivity index (χ2v) is 5.17. The number of benzene rings is 2. The first-order valence-electron chi connectivity index (χ1n) is 7.10. The maximum atomic E-state index is 11.3. The van der Waals surface area contributed by atoms with Crippen LogP contribution >= 0.6 is 0 Å². The van der Waals surface area contributed by atoms with E-state index >= 15 is 0 Å². The molecule has 0 amide bonds. The van der Waals surface area contributed by atoms with Crippen LogP contribution in [0.3, 0.4) is 0 Å². The van der Waals surface area contributed by atoms with Gasteiger partial charge in [0.25, 0.3) is 0 Å². The van der Waals surface area contributed by atoms with Gasteiger partial charge in [-0.25, -0.2) is 4.79 Å². The molecule has 0 aliphatic rings. The zero-order chi connectivity index (χ0) is 14.8. The van der Waals surface area contributed by atoms with Gasteiger partial charge in [-0.15, -0.1) is 0 Å². The monoisotopic (exact) mass is 282 g/mol. The van der Waals surface area contributed by atoms with Crippen LogP contribution in [0, 0.1) is 6.92 Å². The van der Waals surface area contributed by atoms with Crippen LogP contribution in [0.5, 0.6) is 0 Å². The summed E-state index contributed by atoms with van der Waals surface area (Å²) in [6, 6.07) is 14.4. The molecule has 0 saturated carbocycles. The molecule has 3 rings (SSSR count). The smallest absolute Gasteiger partial charge is 0.408 e. The molecule has 0 saturated heterocycles. The highest BCUT2D eigenvalue weighted by molar-refractivity contribution is 5.73. The number of aromatic nitrogens is 1. The number of aryl methyl sites for hydroxylation is 1. The molecule has 1 atom stereocenters. The number of hydrogen-bond acceptors (Lipinski definition) is 3. The van der Waals surface area contributed by atoms with Crippen LogP contribution in [0.4, 0.5) is 0 Å². The number of oxazole rings is 1. The molecule has 1 aromatic heterocycles. The number of rotatable bonds is 4. The van der Waals surface area contributed by atoms with Gasteiger partial charge in [0.15, 0.2) is 5.58 Å². The van der Waals surface area contributed by atoms with Crippen molar-refractivity contribution in [1.82, 2.24) is 10.3 Å². The first-order chi connectivity index (χ1) is 10.2. The molecule has 4 heteroatoms. The fraction of sp³-hybridized carbons (Fsp3) is 0.235. The predicted octanol–water partition coefficient (Wildman–Crippen LogP) is 3.13. The van der Waals surface area contributed by atoms with E-state index in [1.165, 1.54) is 11.1 Å². The average Bonchev–Trinajstić information content (AvgIpc) is 2.85. The number of H-pyrrole nitrogens is 1. The Hall–Kier alpha value is -2.33. The van der Waals surface area contributed by atoms with Crippen LogP contribution in [-0.4, -0.2) is 11.5 Å². The Balaban J connectivity index is 2.05. The molecule has 4 nitrogen and oxygen atoms in total. The summed E-state index contributed by atoms with van der Waals surface area (Å²) in [4.78, 5) is 13.9. The van der Waals surface area contributed by atoms with Crippen molar-refractivity contribution in [2.75, 3.05) is 6.54 Å². The molecule has 2 N–H and O–H groups in total. The highest BCUT2D eigenvalue weighted by atomic mass is 16.4. The minimum Gasteiger partial charge on any atom is -0.408 e. The van der Waals surface area contributed by atoms with E-state index in [2.05, 4.69) is 48.4 Å². The highest BCUT2D eigenvalue weighted by Gasteiger charge is 2.14. The van der Waals surface area contributed by atoms with Crippen LogP contribution in [0.15, 0.2) is 51.7 Å². The molecule has 21 heavy (non-hydrogen) atoms. The first kappa shape index (κ1) is 13.6. The molecule has 2 aromatic carbocycles. The second kappa shape index (κ2) is 5.58. The third-order valence-electron chi connectivity index (χ3n) is 3.60. The Morgan fingerprint density at radius 2 is 1.86 bits per heavy atom. The van der Waals surface area contributed by atoms with Crippen molar-refractivity contribution in [3.05, 3.63) is 69.7 Å². The first-order valence-corrected chi connectivity index (χ1v) is 7.10. The minimum atomic E-state index is -0.419. The summed E-state index contributed by atoms with van der Waals surface area (Å²) in [5, 5.41) is 3.48. The van der Waals surface area contributed by atoms with Gasteiger partial charge in [0.05, 0.1) is 11.6 Å². The lowest BCUT2D eigenvalue weighted by Gasteiger charge is -2.19. The number of fused-ring (bicyclic) bond motifs is 1. The van der Waals surface area contributed by atoms with Gasteiger partial charge in [0.2, 0.25) is 0 Å². The summed E-state index contributed by atoms with van der Waals surface area (Å²) in [5.41, 5.74) is 4.83. The third-order valence-corrected chi connectivity index (χ3v) is 3.60. The summed E-state index contributed by atoms with van der Waals surface area (Å²) in [7, 11) is 0. The average molecular weight is 282 g/mol. The Labute approximate surface area is 122 Å². The van der Waals surface area contributed by atoms with Crippen LogP contribution in [-0.2, 0) is 0 Å². The van der Waals surface area contributed by atoms with Gasteiger partial charge < -0.3 is 9.73 Å². The number of nitrogens with one attached hydrogen (secondary N) is 2. The molecule has 0 aliphatic carbocycles. The molecule has 1 heterocycles. The van der Waals surface area contributed by atoms with E-state index in [1.807, 2.05) is 18.2 Å². The Bertz CT molecular complexity index is 800. The van der Waals surface area contributed by atoms with Crippen molar-refractivity contribution < 1.29 is 4.42 Å². The molecule has 0 radical (unpaired) electrons. The SMILES string of the molecule is CCNC(c1ccc(C)cc1)c1ccc2[nH]c(=O)oc2c1. The van der Waals surface area contributed by atoms with Crippen molar-refractivity contribution >= 4 is 11.1 Å². The van der Waals surface area contributed by atoms with E-state index < -0.39 is 5.76 Å². The zero-order valence-electron chi connectivity index (χ0n) is 12.1. The molecular formula is C17H18N2O2. The number of hydrogen-bond donors (Lipinski definition) is 2. The number of aromatic amines is 1. The van der Waals surface area contributed by atoms with Crippen molar-refractivity contribution in [3.8, 4) is 0 Å². The van der Waals surface area contributed by atoms with E-state index in [0.717, 1.165) is 17.6 Å². The van der Waals surface area contributed by atoms with Crippen LogP contribution in [0.25, 0.3) is 11.1 Å². The normalized spacial score (nSPS) is 12.7. The van der Waals surface area contributed by atoms with Gasteiger partial charge in [-0.1, -0.05) is 42.8 Å². The van der Waals surface area contributed by atoms with Gasteiger partial charge in [0.1, 0.15) is 0 Å². The van der Waals surface area contributed by atoms with Gasteiger partial charge in [0, 0.05) is 0 Å². The van der Waals surface area contributed by atoms with Gasteiger partial charge in [-0.3, -0.25) is 4.98 Å². The summed E-state index contributed by atoms with van der Waals surface area (Å²) in [6.45, 7) is 5.01. The summed E-state index contributed by atoms with van der Waals surface area (Å²) < 4.78 is 5.15. The molecule has 1 unspecified atom stereocenters. The molecule has 0 aliphatic heterocycles. The van der Waals surface area contributed by atoms with Gasteiger partial charge >= 0.3 is 5.76 Å². The van der Waals surface area contributed by atoms with E-state index in [0.29, 0.717) is 5.58 Å². The molecule has 0 bridgehead atoms. The zero-order valence-corrected chi connectivity index (χ0v) is 12.1. The molecular weight excluding hydrogens is 264 g/mol. The topological polar surface area (TPSA) is 58.0 Å². The fourth-order valence-corrected chi connectivity index (χ4v) is 2.53. The highest BCUT2D eigenvalue weighted by Crippen LogP contribution is 2.25.